The Bertz CT molecular complexity index is 476. The molecular weight excluding hydrogens is 216 g/mol. The molecule has 0 aromatic heterocycles. The van der Waals surface area contributed by atoms with E-state index in [1.54, 1.807) is 0 Å². The van der Waals surface area contributed by atoms with Crippen molar-refractivity contribution in [3.05, 3.63) is 48.0 Å². The minimum atomic E-state index is -0.801. The van der Waals surface area contributed by atoms with E-state index in [2.05, 4.69) is 18.2 Å². The van der Waals surface area contributed by atoms with Gasteiger partial charge in [-0.05, 0) is 16.3 Å². The van der Waals surface area contributed by atoms with E-state index in [0.29, 0.717) is 6.61 Å². The lowest BCUT2D eigenvalue weighted by Crippen LogP contribution is -2.19. The summed E-state index contributed by atoms with van der Waals surface area (Å²) in [5.41, 5.74) is 1.09. The van der Waals surface area contributed by atoms with Crippen LogP contribution in [0.25, 0.3) is 10.8 Å². The molecule has 1 unspecified atom stereocenters. The van der Waals surface area contributed by atoms with Gasteiger partial charge in [-0.25, -0.2) is 0 Å². The number of fused-ring (bicyclic) bond motifs is 1. The number of aliphatic hydroxyl groups is 2. The molecule has 0 aliphatic carbocycles. The summed E-state index contributed by atoms with van der Waals surface area (Å²) >= 11 is 0. The molecule has 0 radical (unpaired) electrons. The Hall–Kier alpha value is -1.42. The van der Waals surface area contributed by atoms with E-state index >= 15 is 0 Å². The van der Waals surface area contributed by atoms with E-state index in [0.717, 1.165) is 10.9 Å². The van der Waals surface area contributed by atoms with Crippen LogP contribution in [0.3, 0.4) is 0 Å². The highest BCUT2D eigenvalue weighted by Gasteiger charge is 2.03. The van der Waals surface area contributed by atoms with Crippen LogP contribution in [0.1, 0.15) is 5.56 Å². The van der Waals surface area contributed by atoms with Gasteiger partial charge in [-0.15, -0.1) is 0 Å². The molecular formula is C14H16O3. The summed E-state index contributed by atoms with van der Waals surface area (Å²) in [4.78, 5) is 0. The molecule has 0 spiro atoms. The Morgan fingerprint density at radius 2 is 1.82 bits per heavy atom. The van der Waals surface area contributed by atoms with E-state index < -0.39 is 6.10 Å². The standard InChI is InChI=1S/C14H16O3/c15-8-13(16)10-17-9-12-6-3-5-11-4-1-2-7-14(11)12/h1-7,13,15-16H,8-10H2. The van der Waals surface area contributed by atoms with Gasteiger partial charge >= 0.3 is 0 Å². The van der Waals surface area contributed by atoms with Gasteiger partial charge < -0.3 is 14.9 Å². The van der Waals surface area contributed by atoms with Gasteiger partial charge in [-0.2, -0.15) is 0 Å². The van der Waals surface area contributed by atoms with Crippen molar-refractivity contribution in [1.29, 1.82) is 0 Å². The lowest BCUT2D eigenvalue weighted by molar-refractivity contribution is 0.000312. The Labute approximate surface area is 100 Å². The second kappa shape index (κ2) is 5.77. The lowest BCUT2D eigenvalue weighted by Gasteiger charge is -2.10. The molecule has 0 fully saturated rings. The van der Waals surface area contributed by atoms with Gasteiger partial charge in [0.2, 0.25) is 0 Å². The summed E-state index contributed by atoms with van der Waals surface area (Å²) in [5, 5.41) is 20.2. The molecule has 3 nitrogen and oxygen atoms in total. The topological polar surface area (TPSA) is 49.7 Å². The molecule has 0 bridgehead atoms. The van der Waals surface area contributed by atoms with Crippen molar-refractivity contribution in [3.8, 4) is 0 Å². The fourth-order valence-corrected chi connectivity index (χ4v) is 1.78. The van der Waals surface area contributed by atoms with E-state index in [-0.39, 0.29) is 13.2 Å². The van der Waals surface area contributed by atoms with Crippen molar-refractivity contribution in [3.63, 3.8) is 0 Å². The third-order valence-electron chi connectivity index (χ3n) is 2.66. The van der Waals surface area contributed by atoms with Gasteiger partial charge in [0.05, 0.1) is 19.8 Å². The van der Waals surface area contributed by atoms with Crippen LogP contribution >= 0.6 is 0 Å². The fraction of sp³-hybridized carbons (Fsp3) is 0.286. The fourth-order valence-electron chi connectivity index (χ4n) is 1.78. The van der Waals surface area contributed by atoms with Crippen molar-refractivity contribution in [2.45, 2.75) is 12.7 Å². The molecule has 0 heterocycles. The molecule has 0 amide bonds. The number of rotatable bonds is 5. The number of ether oxygens (including phenoxy) is 1. The Balaban J connectivity index is 2.08. The maximum Gasteiger partial charge on any atom is 0.100 e. The average molecular weight is 232 g/mol. The second-order valence-corrected chi connectivity index (χ2v) is 3.99. The first-order valence-corrected chi connectivity index (χ1v) is 5.64. The first-order chi connectivity index (χ1) is 8.31. The second-order valence-electron chi connectivity index (χ2n) is 3.99. The molecule has 90 valence electrons. The third-order valence-corrected chi connectivity index (χ3v) is 2.66. The molecule has 0 saturated carbocycles. The number of benzene rings is 2. The Kier molecular flexibility index (Phi) is 4.09. The minimum absolute atomic E-state index is 0.153. The van der Waals surface area contributed by atoms with E-state index in [1.165, 1.54) is 5.39 Å². The largest absolute Gasteiger partial charge is 0.394 e. The van der Waals surface area contributed by atoms with Crippen molar-refractivity contribution < 1.29 is 14.9 Å². The predicted octanol–water partition coefficient (Wildman–Crippen LogP) is 1.71. The number of aliphatic hydroxyl groups excluding tert-OH is 2. The van der Waals surface area contributed by atoms with Crippen LogP contribution in [-0.2, 0) is 11.3 Å². The summed E-state index contributed by atoms with van der Waals surface area (Å²) in [7, 11) is 0. The van der Waals surface area contributed by atoms with E-state index in [1.807, 2.05) is 24.3 Å². The molecule has 1 atom stereocenters. The van der Waals surface area contributed by atoms with Crippen molar-refractivity contribution in [2.24, 2.45) is 0 Å². The number of hydrogen-bond acceptors (Lipinski definition) is 3. The van der Waals surface area contributed by atoms with Gasteiger partial charge in [0.1, 0.15) is 6.10 Å². The molecule has 2 aromatic rings. The zero-order valence-corrected chi connectivity index (χ0v) is 9.54. The smallest absolute Gasteiger partial charge is 0.100 e. The van der Waals surface area contributed by atoms with Crippen LogP contribution in [0, 0.1) is 0 Å². The molecule has 2 rings (SSSR count). The molecule has 0 saturated heterocycles. The van der Waals surface area contributed by atoms with Crippen LogP contribution in [0.4, 0.5) is 0 Å². The normalized spacial score (nSPS) is 12.8. The molecule has 2 N–H and O–H groups in total. The van der Waals surface area contributed by atoms with Gasteiger partial charge in [-0.1, -0.05) is 42.5 Å². The summed E-state index contributed by atoms with van der Waals surface area (Å²) in [5.74, 6) is 0. The highest BCUT2D eigenvalue weighted by molar-refractivity contribution is 5.85. The highest BCUT2D eigenvalue weighted by Crippen LogP contribution is 2.19. The summed E-state index contributed by atoms with van der Waals surface area (Å²) in [6.45, 7) is 0.327. The predicted molar refractivity (Wildman–Crippen MR) is 66.7 cm³/mol. The van der Waals surface area contributed by atoms with Gasteiger partial charge in [0.25, 0.3) is 0 Å². The summed E-state index contributed by atoms with van der Waals surface area (Å²) in [6.07, 6.45) is -0.801. The SMILES string of the molecule is OCC(O)COCc1cccc2ccccc12. The summed E-state index contributed by atoms with van der Waals surface area (Å²) in [6, 6.07) is 14.2. The van der Waals surface area contributed by atoms with Crippen LogP contribution in [0.5, 0.6) is 0 Å². The summed E-state index contributed by atoms with van der Waals surface area (Å²) < 4.78 is 5.37. The molecule has 0 aliphatic rings. The molecule has 2 aromatic carbocycles. The zero-order valence-electron chi connectivity index (χ0n) is 9.54. The van der Waals surface area contributed by atoms with Crippen LogP contribution < -0.4 is 0 Å². The van der Waals surface area contributed by atoms with Crippen molar-refractivity contribution in [1.82, 2.24) is 0 Å². The first-order valence-electron chi connectivity index (χ1n) is 5.64. The first kappa shape index (κ1) is 12.0. The van der Waals surface area contributed by atoms with Gasteiger partial charge in [-0.3, -0.25) is 0 Å². The van der Waals surface area contributed by atoms with Crippen molar-refractivity contribution >= 4 is 10.8 Å². The average Bonchev–Trinajstić information content (AvgIpc) is 2.39. The maximum atomic E-state index is 9.17. The van der Waals surface area contributed by atoms with Crippen LogP contribution in [0.15, 0.2) is 42.5 Å². The Morgan fingerprint density at radius 1 is 1.06 bits per heavy atom. The molecule has 17 heavy (non-hydrogen) atoms. The highest BCUT2D eigenvalue weighted by atomic mass is 16.5. The van der Waals surface area contributed by atoms with Crippen LogP contribution in [-0.4, -0.2) is 29.5 Å². The van der Waals surface area contributed by atoms with E-state index in [4.69, 9.17) is 9.84 Å². The quantitative estimate of drug-likeness (QED) is 0.825. The van der Waals surface area contributed by atoms with E-state index in [9.17, 15) is 5.11 Å². The monoisotopic (exact) mass is 232 g/mol. The van der Waals surface area contributed by atoms with Crippen LogP contribution in [0.2, 0.25) is 0 Å². The van der Waals surface area contributed by atoms with Gasteiger partial charge in [0.15, 0.2) is 0 Å². The Morgan fingerprint density at radius 3 is 2.65 bits per heavy atom. The molecule has 3 heteroatoms. The molecule has 0 aliphatic heterocycles. The maximum absolute atomic E-state index is 9.17. The minimum Gasteiger partial charge on any atom is -0.394 e. The zero-order chi connectivity index (χ0) is 12.1. The third kappa shape index (κ3) is 3.03. The van der Waals surface area contributed by atoms with Gasteiger partial charge in [0, 0.05) is 0 Å². The lowest BCUT2D eigenvalue weighted by atomic mass is 10.1. The van der Waals surface area contributed by atoms with Crippen molar-refractivity contribution in [2.75, 3.05) is 13.2 Å². The number of hydrogen-bond donors (Lipinski definition) is 2.